The van der Waals surface area contributed by atoms with Crippen molar-refractivity contribution in [3.05, 3.63) is 12.4 Å². The van der Waals surface area contributed by atoms with Crippen LogP contribution in [0.4, 0.5) is 0 Å². The van der Waals surface area contributed by atoms with Crippen molar-refractivity contribution in [1.29, 1.82) is 0 Å². The summed E-state index contributed by atoms with van der Waals surface area (Å²) in [6.45, 7) is 11.9. The topological polar surface area (TPSA) is 6.48 Å². The van der Waals surface area contributed by atoms with Crippen LogP contribution in [0.5, 0.6) is 0 Å². The number of hydrogen-bond donors (Lipinski definition) is 0. The molecule has 0 radical (unpaired) electrons. The molecule has 1 unspecified atom stereocenters. The third kappa shape index (κ3) is 20.8. The molecule has 0 fully saturated rings. The summed E-state index contributed by atoms with van der Waals surface area (Å²) in [5.41, 5.74) is 0. The summed E-state index contributed by atoms with van der Waals surface area (Å²) in [7, 11) is 0. The third-order valence-corrected chi connectivity index (χ3v) is 9.02. The van der Waals surface area contributed by atoms with Crippen LogP contribution in [0, 0.1) is 5.92 Å². The van der Waals surface area contributed by atoms with Gasteiger partial charge in [0.25, 0.3) is 0 Å². The van der Waals surface area contributed by atoms with E-state index in [0.29, 0.717) is 12.1 Å². The normalized spacial score (nSPS) is 15.4. The van der Waals surface area contributed by atoms with Crippen LogP contribution < -0.4 is 0 Å². The molecule has 39 heavy (non-hydrogen) atoms. The van der Waals surface area contributed by atoms with E-state index in [0.717, 1.165) is 0 Å². The fourth-order valence-electron chi connectivity index (χ4n) is 6.52. The van der Waals surface area contributed by atoms with Gasteiger partial charge in [-0.05, 0) is 18.8 Å². The lowest BCUT2D eigenvalue weighted by Crippen LogP contribution is -2.43. The zero-order valence-electron chi connectivity index (χ0n) is 27.7. The van der Waals surface area contributed by atoms with Crippen molar-refractivity contribution >= 4 is 0 Å². The average Bonchev–Trinajstić information content (AvgIpc) is 3.34. The monoisotopic (exact) mass is 547 g/mol. The lowest BCUT2D eigenvalue weighted by Gasteiger charge is -2.36. The zero-order chi connectivity index (χ0) is 28.2. The second kappa shape index (κ2) is 27.5. The smallest absolute Gasteiger partial charge is 0.103 e. The number of nitrogens with zero attached hydrogens (tertiary/aromatic N) is 2. The van der Waals surface area contributed by atoms with Gasteiger partial charge in [0.15, 0.2) is 0 Å². The molecule has 0 saturated heterocycles. The van der Waals surface area contributed by atoms with E-state index in [1.807, 2.05) is 0 Å². The molecular weight excluding hydrogens is 472 g/mol. The van der Waals surface area contributed by atoms with Crippen molar-refractivity contribution in [2.24, 2.45) is 5.92 Å². The van der Waals surface area contributed by atoms with E-state index in [9.17, 15) is 0 Å². The predicted octanol–water partition coefficient (Wildman–Crippen LogP) is 12.6. The highest BCUT2D eigenvalue weighted by atomic mass is 15.4. The van der Waals surface area contributed by atoms with Crippen molar-refractivity contribution in [3.63, 3.8) is 0 Å². The number of hydrogen-bond acceptors (Lipinski definition) is 2. The van der Waals surface area contributed by atoms with Gasteiger partial charge in [0.2, 0.25) is 0 Å². The average molecular weight is 547 g/mol. The first kappa shape index (κ1) is 36.4. The Morgan fingerprint density at radius 1 is 0.385 bits per heavy atom. The van der Waals surface area contributed by atoms with Gasteiger partial charge in [0, 0.05) is 25.5 Å². The first-order valence-corrected chi connectivity index (χ1v) is 18.4. The second-order valence-electron chi connectivity index (χ2n) is 13.3. The Bertz CT molecular complexity index is 514. The molecule has 1 atom stereocenters. The fraction of sp³-hybridized carbons (Fsp3) is 0.946. The SMILES string of the molecule is CCCCCCCCCCCCCCCCN1C=CN(CCCCCCCCCCCCCCC)C1C(C)C. The Balaban J connectivity index is 1.96. The molecule has 0 aromatic carbocycles. The van der Waals surface area contributed by atoms with Gasteiger partial charge in [0.1, 0.15) is 6.17 Å². The maximum absolute atomic E-state index is 2.65. The third-order valence-electron chi connectivity index (χ3n) is 9.02. The minimum Gasteiger partial charge on any atom is -0.356 e. The molecule has 0 bridgehead atoms. The molecule has 0 N–H and O–H groups in total. The molecular formula is C37H74N2. The highest BCUT2D eigenvalue weighted by Gasteiger charge is 2.28. The van der Waals surface area contributed by atoms with E-state index in [4.69, 9.17) is 0 Å². The van der Waals surface area contributed by atoms with Crippen molar-refractivity contribution in [2.75, 3.05) is 13.1 Å². The molecule has 0 aromatic heterocycles. The van der Waals surface area contributed by atoms with Crippen LogP contribution in [0.1, 0.15) is 201 Å². The Labute approximate surface area is 248 Å². The van der Waals surface area contributed by atoms with Crippen LogP contribution in [0.3, 0.4) is 0 Å². The molecule has 0 spiro atoms. The minimum atomic E-state index is 0.587. The lowest BCUT2D eigenvalue weighted by atomic mass is 10.0. The Hall–Kier alpha value is -0.660. The summed E-state index contributed by atoms with van der Waals surface area (Å²) in [6, 6.07) is 0. The van der Waals surface area contributed by atoms with Gasteiger partial charge < -0.3 is 9.80 Å². The van der Waals surface area contributed by atoms with Crippen LogP contribution in [0.25, 0.3) is 0 Å². The Kier molecular flexibility index (Phi) is 25.6. The fourth-order valence-corrected chi connectivity index (χ4v) is 6.52. The predicted molar refractivity (Wildman–Crippen MR) is 177 cm³/mol. The zero-order valence-corrected chi connectivity index (χ0v) is 27.7. The van der Waals surface area contributed by atoms with Gasteiger partial charge in [-0.25, -0.2) is 0 Å². The van der Waals surface area contributed by atoms with E-state index in [1.165, 1.54) is 186 Å². The summed E-state index contributed by atoms with van der Waals surface area (Å²) in [4.78, 5) is 5.29. The Morgan fingerprint density at radius 2 is 0.615 bits per heavy atom. The molecule has 0 aromatic rings. The highest BCUT2D eigenvalue weighted by molar-refractivity contribution is 4.98. The van der Waals surface area contributed by atoms with E-state index in [2.05, 4.69) is 49.9 Å². The van der Waals surface area contributed by atoms with Crippen molar-refractivity contribution in [3.8, 4) is 0 Å². The first-order chi connectivity index (χ1) is 19.2. The second-order valence-corrected chi connectivity index (χ2v) is 13.3. The van der Waals surface area contributed by atoms with E-state index >= 15 is 0 Å². The van der Waals surface area contributed by atoms with Crippen LogP contribution in [-0.4, -0.2) is 29.1 Å². The molecule has 232 valence electrons. The van der Waals surface area contributed by atoms with Crippen LogP contribution in [0.15, 0.2) is 12.4 Å². The standard InChI is InChI=1S/C37H74N2/c1-5-7-9-11-13-15-17-19-21-23-25-27-29-31-33-39-35-34-38(37(39)36(3)4)32-30-28-26-24-22-20-18-16-14-12-10-8-6-2/h34-37H,5-33H2,1-4H3. The maximum Gasteiger partial charge on any atom is 0.103 e. The van der Waals surface area contributed by atoms with E-state index in [-0.39, 0.29) is 0 Å². The molecule has 1 rings (SSSR count). The molecule has 0 saturated carbocycles. The maximum atomic E-state index is 2.65. The number of unbranched alkanes of at least 4 members (excludes halogenated alkanes) is 25. The van der Waals surface area contributed by atoms with Crippen molar-refractivity contribution < 1.29 is 0 Å². The summed E-state index contributed by atoms with van der Waals surface area (Å²) < 4.78 is 0. The minimum absolute atomic E-state index is 0.587. The molecule has 2 heteroatoms. The molecule has 1 aliphatic rings. The van der Waals surface area contributed by atoms with Crippen molar-refractivity contribution in [2.45, 2.75) is 207 Å². The summed E-state index contributed by atoms with van der Waals surface area (Å²) in [5, 5.41) is 0. The van der Waals surface area contributed by atoms with Gasteiger partial charge >= 0.3 is 0 Å². The van der Waals surface area contributed by atoms with Gasteiger partial charge in [-0.2, -0.15) is 0 Å². The molecule has 1 heterocycles. The van der Waals surface area contributed by atoms with Gasteiger partial charge in [-0.15, -0.1) is 0 Å². The van der Waals surface area contributed by atoms with Crippen molar-refractivity contribution in [1.82, 2.24) is 9.80 Å². The van der Waals surface area contributed by atoms with Crippen LogP contribution in [0.2, 0.25) is 0 Å². The van der Waals surface area contributed by atoms with E-state index in [1.54, 1.807) is 0 Å². The quantitative estimate of drug-likeness (QED) is 0.0826. The van der Waals surface area contributed by atoms with Gasteiger partial charge in [0.05, 0.1) is 0 Å². The van der Waals surface area contributed by atoms with Crippen LogP contribution >= 0.6 is 0 Å². The van der Waals surface area contributed by atoms with E-state index < -0.39 is 0 Å². The first-order valence-electron chi connectivity index (χ1n) is 18.4. The van der Waals surface area contributed by atoms with Gasteiger partial charge in [-0.3, -0.25) is 0 Å². The van der Waals surface area contributed by atoms with Gasteiger partial charge in [-0.1, -0.05) is 188 Å². The Morgan fingerprint density at radius 3 is 0.846 bits per heavy atom. The summed E-state index contributed by atoms with van der Waals surface area (Å²) in [5.74, 6) is 0.689. The molecule has 0 amide bonds. The number of rotatable bonds is 30. The highest BCUT2D eigenvalue weighted by Crippen LogP contribution is 2.24. The molecule has 1 aliphatic heterocycles. The summed E-state index contributed by atoms with van der Waals surface area (Å²) >= 11 is 0. The largest absolute Gasteiger partial charge is 0.356 e. The van der Waals surface area contributed by atoms with Crippen LogP contribution in [-0.2, 0) is 0 Å². The molecule has 0 aliphatic carbocycles. The lowest BCUT2D eigenvalue weighted by molar-refractivity contribution is 0.104. The molecule has 2 nitrogen and oxygen atoms in total. The summed E-state index contributed by atoms with van der Waals surface area (Å²) in [6.07, 6.45) is 44.3.